The van der Waals surface area contributed by atoms with Crippen LogP contribution in [0.5, 0.6) is 5.88 Å². The normalized spacial score (nSPS) is 21.0. The summed E-state index contributed by atoms with van der Waals surface area (Å²) in [6.07, 6.45) is 0.698. The highest BCUT2D eigenvalue weighted by Gasteiger charge is 2.34. The van der Waals surface area contributed by atoms with Crippen LogP contribution >= 0.6 is 10.6 Å². The molecule has 27 heavy (non-hydrogen) atoms. The average molecular weight is 402 g/mol. The first-order valence-electron chi connectivity index (χ1n) is 9.04. The molecule has 11 nitrogen and oxygen atoms in total. The Hall–Kier alpha value is -1.89. The zero-order chi connectivity index (χ0) is 19.4. The monoisotopic (exact) mass is 402 g/mol. The average Bonchev–Trinajstić information content (AvgIpc) is 2.66. The van der Waals surface area contributed by atoms with Gasteiger partial charge in [-0.25, -0.2) is 0 Å². The summed E-state index contributed by atoms with van der Waals surface area (Å²) in [6, 6.07) is 0. The topological polar surface area (TPSA) is 137 Å². The van der Waals surface area contributed by atoms with Gasteiger partial charge in [-0.15, -0.1) is 0 Å². The quantitative estimate of drug-likeness (QED) is 0.469. The van der Waals surface area contributed by atoms with Crippen LogP contribution in [0.3, 0.4) is 0 Å². The molecule has 3 N–H and O–H groups in total. The Kier molecular flexibility index (Phi) is 6.19. The number of hydrogen-bond acceptors (Lipinski definition) is 10. The fourth-order valence-electron chi connectivity index (χ4n) is 3.04. The van der Waals surface area contributed by atoms with Gasteiger partial charge in [0.2, 0.25) is 11.8 Å². The molecular formula is C15H26N6O5S. The zero-order valence-electron chi connectivity index (χ0n) is 15.3. The minimum atomic E-state index is -2.62. The summed E-state index contributed by atoms with van der Waals surface area (Å²) in [4.78, 5) is 23.8. The van der Waals surface area contributed by atoms with Gasteiger partial charge >= 0.3 is 11.6 Å². The smallest absolute Gasteiger partial charge is 0.373 e. The fraction of sp³-hybridized carbons (Fsp3) is 0.733. The van der Waals surface area contributed by atoms with Crippen molar-refractivity contribution in [1.29, 1.82) is 0 Å². The van der Waals surface area contributed by atoms with Gasteiger partial charge in [0.25, 0.3) is 0 Å². The lowest BCUT2D eigenvalue weighted by atomic mass is 10.3. The predicted octanol–water partition coefficient (Wildman–Crippen LogP) is 1.15. The molecule has 2 aliphatic heterocycles. The molecule has 1 aromatic rings. The summed E-state index contributed by atoms with van der Waals surface area (Å²) in [6.45, 7) is 5.77. The number of anilines is 2. The first-order valence-corrected chi connectivity index (χ1v) is 10.9. The summed E-state index contributed by atoms with van der Waals surface area (Å²) in [7, 11) is -2.62. The molecule has 3 rings (SSSR count). The molecule has 0 aliphatic carbocycles. The third-order valence-corrected chi connectivity index (χ3v) is 6.20. The number of nitro groups is 1. The van der Waals surface area contributed by atoms with Crippen molar-refractivity contribution in [3.8, 4) is 5.88 Å². The van der Waals surface area contributed by atoms with Crippen LogP contribution in [0.2, 0.25) is 0 Å². The number of rotatable bonds is 6. The Morgan fingerprint density at radius 1 is 1.19 bits per heavy atom. The number of ether oxygens (including phenoxy) is 1. The molecule has 2 aliphatic rings. The Labute approximate surface area is 159 Å². The molecule has 1 aromatic heterocycles. The van der Waals surface area contributed by atoms with Gasteiger partial charge in [-0.2, -0.15) is 20.6 Å². The molecule has 152 valence electrons. The van der Waals surface area contributed by atoms with Gasteiger partial charge in [0, 0.05) is 39.3 Å². The van der Waals surface area contributed by atoms with Crippen molar-refractivity contribution in [2.45, 2.75) is 13.3 Å². The molecule has 0 saturated carbocycles. The fourth-order valence-corrected chi connectivity index (χ4v) is 4.27. The number of hydrogen-bond donors (Lipinski definition) is 3. The second kappa shape index (κ2) is 8.42. The highest BCUT2D eigenvalue weighted by atomic mass is 32.3. The van der Waals surface area contributed by atoms with E-state index < -0.39 is 15.5 Å². The summed E-state index contributed by atoms with van der Waals surface area (Å²) in [5, 5.41) is 15.0. The minimum absolute atomic E-state index is 0.0300. The minimum Gasteiger partial charge on any atom is -0.473 e. The summed E-state index contributed by atoms with van der Waals surface area (Å²) < 4.78 is 25.3. The number of nitrogens with one attached hydrogen (secondary N) is 1. The molecule has 0 aromatic carbocycles. The third-order valence-electron chi connectivity index (χ3n) is 4.52. The molecule has 2 fully saturated rings. The number of piperazine rings is 1. The highest BCUT2D eigenvalue weighted by molar-refractivity contribution is 8.24. The maximum absolute atomic E-state index is 11.8. The number of nitrogens with zero attached hydrogens (tertiary/aromatic N) is 5. The van der Waals surface area contributed by atoms with Crippen molar-refractivity contribution in [1.82, 2.24) is 15.3 Å². The summed E-state index contributed by atoms with van der Waals surface area (Å²) >= 11 is 0. The molecule has 0 radical (unpaired) electrons. The molecule has 0 atom stereocenters. The van der Waals surface area contributed by atoms with Crippen LogP contribution in [0.25, 0.3) is 0 Å². The lowest BCUT2D eigenvalue weighted by Crippen LogP contribution is -2.45. The van der Waals surface area contributed by atoms with Crippen molar-refractivity contribution >= 4 is 28.0 Å². The van der Waals surface area contributed by atoms with E-state index >= 15 is 0 Å². The predicted molar refractivity (Wildman–Crippen MR) is 104 cm³/mol. The lowest BCUT2D eigenvalue weighted by Gasteiger charge is -2.41. The molecule has 0 unspecified atom stereocenters. The van der Waals surface area contributed by atoms with Crippen LogP contribution < -0.4 is 19.9 Å². The molecule has 0 amide bonds. The van der Waals surface area contributed by atoms with E-state index in [1.807, 2.05) is 11.8 Å². The maximum Gasteiger partial charge on any atom is 0.373 e. The third kappa shape index (κ3) is 4.69. The van der Waals surface area contributed by atoms with Gasteiger partial charge in [0.1, 0.15) is 0 Å². The van der Waals surface area contributed by atoms with Gasteiger partial charge in [-0.1, -0.05) is 6.92 Å². The van der Waals surface area contributed by atoms with E-state index in [2.05, 4.69) is 15.3 Å². The number of aromatic nitrogens is 2. The van der Waals surface area contributed by atoms with Crippen LogP contribution in [0, 0.1) is 10.1 Å². The van der Waals surface area contributed by atoms with E-state index in [1.54, 1.807) is 4.90 Å². The van der Waals surface area contributed by atoms with Crippen LogP contribution in [-0.4, -0.2) is 81.4 Å². The molecule has 12 heteroatoms. The first kappa shape index (κ1) is 19.9. The van der Waals surface area contributed by atoms with Gasteiger partial charge in [0.05, 0.1) is 23.0 Å². The lowest BCUT2D eigenvalue weighted by molar-refractivity contribution is -0.385. The van der Waals surface area contributed by atoms with Crippen molar-refractivity contribution in [3.05, 3.63) is 10.1 Å². The van der Waals surface area contributed by atoms with E-state index in [4.69, 9.17) is 4.74 Å². The highest BCUT2D eigenvalue weighted by Crippen LogP contribution is 2.43. The van der Waals surface area contributed by atoms with Gasteiger partial charge in [-0.3, -0.25) is 19.2 Å². The van der Waals surface area contributed by atoms with Crippen LogP contribution in [-0.2, 0) is 0 Å². The second-order valence-electron chi connectivity index (χ2n) is 6.54. The molecule has 2 saturated heterocycles. The van der Waals surface area contributed by atoms with Gasteiger partial charge in [0.15, 0.2) is 0 Å². The molecule has 0 spiro atoms. The summed E-state index contributed by atoms with van der Waals surface area (Å²) in [5.41, 5.74) is -0.263. The van der Waals surface area contributed by atoms with E-state index in [1.165, 1.54) is 0 Å². The van der Waals surface area contributed by atoms with Crippen molar-refractivity contribution < 1.29 is 18.8 Å². The largest absolute Gasteiger partial charge is 0.473 e. The molecule has 0 bridgehead atoms. The van der Waals surface area contributed by atoms with Crippen LogP contribution in [0.1, 0.15) is 13.3 Å². The van der Waals surface area contributed by atoms with Crippen LogP contribution in [0.4, 0.5) is 17.5 Å². The summed E-state index contributed by atoms with van der Waals surface area (Å²) in [5.74, 6) is 0.896. The van der Waals surface area contributed by atoms with E-state index in [0.717, 1.165) is 13.1 Å². The zero-order valence-corrected chi connectivity index (χ0v) is 16.2. The van der Waals surface area contributed by atoms with Crippen LogP contribution in [0.15, 0.2) is 0 Å². The van der Waals surface area contributed by atoms with Crippen molar-refractivity contribution in [3.63, 3.8) is 0 Å². The van der Waals surface area contributed by atoms with E-state index in [0.29, 0.717) is 32.1 Å². The molecular weight excluding hydrogens is 376 g/mol. The van der Waals surface area contributed by atoms with E-state index in [-0.39, 0.29) is 42.0 Å². The Bertz CT molecular complexity index is 675. The Morgan fingerprint density at radius 2 is 1.85 bits per heavy atom. The SMILES string of the molecule is CCCOc1nc(N2CCNCC2)nc(N2CCS(O)(O)CC2)c1[N+](=O)[O-]. The Morgan fingerprint density at radius 3 is 2.44 bits per heavy atom. The Balaban J connectivity index is 2.00. The first-order chi connectivity index (χ1) is 12.9. The standard InChI is InChI=1S/C15H26N6O5S/c1-2-9-26-14-12(21(22)23)13(19-7-10-27(24,25)11-8-19)17-15(18-14)20-5-3-16-4-6-20/h16,24-25H,2-11H2,1H3. The maximum atomic E-state index is 11.8. The van der Waals surface area contributed by atoms with Crippen molar-refractivity contribution in [2.75, 3.05) is 67.2 Å². The van der Waals surface area contributed by atoms with Gasteiger partial charge < -0.3 is 19.9 Å². The van der Waals surface area contributed by atoms with Gasteiger partial charge in [-0.05, 0) is 6.42 Å². The second-order valence-corrected chi connectivity index (χ2v) is 8.96. The van der Waals surface area contributed by atoms with E-state index in [9.17, 15) is 19.2 Å². The molecule has 3 heterocycles. The van der Waals surface area contributed by atoms with Crippen molar-refractivity contribution in [2.24, 2.45) is 0 Å².